The Labute approximate surface area is 157 Å². The minimum Gasteiger partial charge on any atom is -0.344 e. The molecule has 0 saturated carbocycles. The molecule has 1 fully saturated rings. The molecule has 0 bridgehead atoms. The summed E-state index contributed by atoms with van der Waals surface area (Å²) in [7, 11) is 0. The van der Waals surface area contributed by atoms with Crippen LogP contribution in [-0.4, -0.2) is 57.2 Å². The first kappa shape index (κ1) is 17.1. The molecule has 3 aromatic rings. The highest BCUT2D eigenvalue weighted by Gasteiger charge is 2.20. The van der Waals surface area contributed by atoms with Crippen molar-refractivity contribution >= 4 is 16.7 Å². The fraction of sp³-hybridized carbons (Fsp3) is 0.368. The second kappa shape index (κ2) is 7.88. The lowest BCUT2D eigenvalue weighted by Crippen LogP contribution is -2.47. The first-order valence-electron chi connectivity index (χ1n) is 8.92. The Kier molecular flexibility index (Phi) is 5.17. The molecule has 26 heavy (non-hydrogen) atoms. The van der Waals surface area contributed by atoms with Crippen molar-refractivity contribution < 1.29 is 0 Å². The summed E-state index contributed by atoms with van der Waals surface area (Å²) in [4.78, 5) is 9.58. The molecule has 0 N–H and O–H groups in total. The van der Waals surface area contributed by atoms with Gasteiger partial charge < -0.3 is 4.90 Å². The summed E-state index contributed by atoms with van der Waals surface area (Å²) in [5.41, 5.74) is 3.22. The molecule has 0 unspecified atom stereocenters. The summed E-state index contributed by atoms with van der Waals surface area (Å²) < 4.78 is 4.51. The molecule has 1 aliphatic rings. The fourth-order valence-corrected chi connectivity index (χ4v) is 3.89. The Morgan fingerprint density at radius 3 is 2.65 bits per heavy atom. The smallest absolute Gasteiger partial charge is 0.205 e. The van der Waals surface area contributed by atoms with E-state index in [0.717, 1.165) is 61.4 Å². The quantitative estimate of drug-likeness (QED) is 0.692. The van der Waals surface area contributed by atoms with Crippen LogP contribution in [-0.2, 0) is 6.42 Å². The zero-order valence-corrected chi connectivity index (χ0v) is 15.7. The third-order valence-electron chi connectivity index (χ3n) is 4.65. The van der Waals surface area contributed by atoms with Gasteiger partial charge in [-0.05, 0) is 25.0 Å². The molecule has 0 spiro atoms. The van der Waals surface area contributed by atoms with Crippen molar-refractivity contribution in [3.8, 4) is 11.4 Å². The molecule has 0 atom stereocenters. The number of aryl methyl sites for hydroxylation is 1. The molecule has 4 rings (SSSR count). The van der Waals surface area contributed by atoms with E-state index in [-0.39, 0.29) is 0 Å². The zero-order valence-electron chi connectivity index (χ0n) is 14.9. The molecule has 134 valence electrons. The molecule has 2 aromatic heterocycles. The number of piperazine rings is 1. The highest BCUT2D eigenvalue weighted by Crippen LogP contribution is 2.24. The second-order valence-corrected chi connectivity index (χ2v) is 7.28. The van der Waals surface area contributed by atoms with Crippen LogP contribution < -0.4 is 4.90 Å². The predicted molar refractivity (Wildman–Crippen MR) is 104 cm³/mol. The average Bonchev–Trinajstić information content (AvgIpc) is 3.18. The molecule has 3 heterocycles. The van der Waals surface area contributed by atoms with Gasteiger partial charge in [0.05, 0.1) is 11.9 Å². The van der Waals surface area contributed by atoms with Gasteiger partial charge in [-0.1, -0.05) is 30.3 Å². The Balaban J connectivity index is 1.32. The summed E-state index contributed by atoms with van der Waals surface area (Å²) in [5.74, 6) is 0.745. The lowest BCUT2D eigenvalue weighted by Gasteiger charge is -2.34. The predicted octanol–water partition coefficient (Wildman–Crippen LogP) is 2.67. The van der Waals surface area contributed by atoms with E-state index < -0.39 is 0 Å². The van der Waals surface area contributed by atoms with Crippen LogP contribution in [0.3, 0.4) is 0 Å². The topological polar surface area (TPSA) is 58.0 Å². The first-order chi connectivity index (χ1) is 12.8. The van der Waals surface area contributed by atoms with Gasteiger partial charge in [-0.2, -0.15) is 19.6 Å². The van der Waals surface area contributed by atoms with Crippen LogP contribution in [0.2, 0.25) is 0 Å². The Morgan fingerprint density at radius 1 is 1.08 bits per heavy atom. The third-order valence-corrected chi connectivity index (χ3v) is 5.43. The van der Waals surface area contributed by atoms with Crippen LogP contribution in [0, 0.1) is 6.92 Å². The second-order valence-electron chi connectivity index (χ2n) is 6.55. The molecule has 0 radical (unpaired) electrons. The third kappa shape index (κ3) is 4.05. The summed E-state index contributed by atoms with van der Waals surface area (Å²) in [6, 6.07) is 12.7. The number of benzene rings is 1. The van der Waals surface area contributed by atoms with Crippen LogP contribution >= 0.6 is 11.5 Å². The van der Waals surface area contributed by atoms with E-state index >= 15 is 0 Å². The van der Waals surface area contributed by atoms with Crippen LogP contribution in [0.1, 0.15) is 11.3 Å². The average molecular weight is 366 g/mol. The molecule has 0 amide bonds. The van der Waals surface area contributed by atoms with E-state index in [1.807, 2.05) is 13.0 Å². The molecular formula is C19H22N6S. The van der Waals surface area contributed by atoms with Crippen molar-refractivity contribution in [1.29, 1.82) is 0 Å². The van der Waals surface area contributed by atoms with E-state index in [2.05, 4.69) is 54.7 Å². The number of hydrogen-bond donors (Lipinski definition) is 0. The molecule has 7 heteroatoms. The van der Waals surface area contributed by atoms with Gasteiger partial charge in [-0.3, -0.25) is 4.90 Å². The van der Waals surface area contributed by atoms with Crippen molar-refractivity contribution in [3.05, 3.63) is 53.9 Å². The molecular weight excluding hydrogens is 344 g/mol. The standard InChI is InChI=1S/C19H22N6S/c1-15-13-17(14-20-22-15)18-21-19(26-23-18)25-11-9-24(10-12-25)8-7-16-5-3-2-4-6-16/h2-6,13-14H,7-12H2,1H3. The highest BCUT2D eigenvalue weighted by molar-refractivity contribution is 7.09. The van der Waals surface area contributed by atoms with Gasteiger partial charge in [0, 0.05) is 49.8 Å². The number of anilines is 1. The van der Waals surface area contributed by atoms with Gasteiger partial charge in [-0.15, -0.1) is 0 Å². The maximum absolute atomic E-state index is 4.71. The van der Waals surface area contributed by atoms with E-state index in [1.165, 1.54) is 17.1 Å². The first-order valence-corrected chi connectivity index (χ1v) is 9.70. The summed E-state index contributed by atoms with van der Waals surface area (Å²) in [6.07, 6.45) is 2.83. The number of hydrogen-bond acceptors (Lipinski definition) is 7. The van der Waals surface area contributed by atoms with Crippen molar-refractivity contribution in [3.63, 3.8) is 0 Å². The lowest BCUT2D eigenvalue weighted by molar-refractivity contribution is 0.261. The zero-order chi connectivity index (χ0) is 17.8. The molecule has 1 aromatic carbocycles. The Bertz CT molecular complexity index is 842. The van der Waals surface area contributed by atoms with Crippen LogP contribution in [0.5, 0.6) is 0 Å². The summed E-state index contributed by atoms with van der Waals surface area (Å²) in [6.45, 7) is 7.17. The van der Waals surface area contributed by atoms with Gasteiger partial charge >= 0.3 is 0 Å². The number of nitrogens with zero attached hydrogens (tertiary/aromatic N) is 6. The Morgan fingerprint density at radius 2 is 1.88 bits per heavy atom. The van der Waals surface area contributed by atoms with Gasteiger partial charge in [0.1, 0.15) is 0 Å². The fourth-order valence-electron chi connectivity index (χ4n) is 3.15. The van der Waals surface area contributed by atoms with E-state index in [9.17, 15) is 0 Å². The maximum Gasteiger partial charge on any atom is 0.205 e. The van der Waals surface area contributed by atoms with Crippen LogP contribution in [0.4, 0.5) is 5.13 Å². The summed E-state index contributed by atoms with van der Waals surface area (Å²) >= 11 is 1.47. The van der Waals surface area contributed by atoms with E-state index in [0.29, 0.717) is 0 Å². The largest absolute Gasteiger partial charge is 0.344 e. The molecule has 1 saturated heterocycles. The van der Waals surface area contributed by atoms with Crippen LogP contribution in [0.25, 0.3) is 11.4 Å². The maximum atomic E-state index is 4.71. The number of rotatable bonds is 5. The summed E-state index contributed by atoms with van der Waals surface area (Å²) in [5, 5.41) is 8.98. The Hall–Kier alpha value is -2.38. The van der Waals surface area contributed by atoms with Gasteiger partial charge in [-0.25, -0.2) is 0 Å². The van der Waals surface area contributed by atoms with Crippen molar-refractivity contribution in [2.75, 3.05) is 37.6 Å². The van der Waals surface area contributed by atoms with Crippen LogP contribution in [0.15, 0.2) is 42.6 Å². The highest BCUT2D eigenvalue weighted by atomic mass is 32.1. The molecule has 1 aliphatic heterocycles. The lowest BCUT2D eigenvalue weighted by atomic mass is 10.1. The normalized spacial score (nSPS) is 15.3. The monoisotopic (exact) mass is 366 g/mol. The van der Waals surface area contributed by atoms with Gasteiger partial charge in [0.2, 0.25) is 5.13 Å². The van der Waals surface area contributed by atoms with E-state index in [1.54, 1.807) is 6.20 Å². The number of aromatic nitrogens is 4. The minimum atomic E-state index is 0.745. The SMILES string of the molecule is Cc1cc(-c2nsc(N3CCN(CCc4ccccc4)CC3)n2)cnn1. The van der Waals surface area contributed by atoms with Crippen molar-refractivity contribution in [1.82, 2.24) is 24.5 Å². The molecule has 0 aliphatic carbocycles. The minimum absolute atomic E-state index is 0.745. The van der Waals surface area contributed by atoms with E-state index in [4.69, 9.17) is 4.98 Å². The van der Waals surface area contributed by atoms with Crippen molar-refractivity contribution in [2.45, 2.75) is 13.3 Å². The van der Waals surface area contributed by atoms with Gasteiger partial charge in [0.25, 0.3) is 0 Å². The molecule has 6 nitrogen and oxygen atoms in total. The van der Waals surface area contributed by atoms with Crippen molar-refractivity contribution in [2.24, 2.45) is 0 Å². The van der Waals surface area contributed by atoms with Gasteiger partial charge in [0.15, 0.2) is 5.82 Å².